The van der Waals surface area contributed by atoms with Gasteiger partial charge in [0.05, 0.1) is 0 Å². The average Bonchev–Trinajstić information content (AvgIpc) is 2.47. The summed E-state index contributed by atoms with van der Waals surface area (Å²) in [4.78, 5) is 18.2. The second-order valence-corrected chi connectivity index (χ2v) is 3.67. The van der Waals surface area contributed by atoms with Crippen LogP contribution in [0.3, 0.4) is 0 Å². The van der Waals surface area contributed by atoms with Gasteiger partial charge in [-0.25, -0.2) is 4.98 Å². The first kappa shape index (κ1) is 8.44. The van der Waals surface area contributed by atoms with Gasteiger partial charge in [0.25, 0.3) is 0 Å². The molecule has 0 radical (unpaired) electrons. The zero-order chi connectivity index (χ0) is 9.42. The highest BCUT2D eigenvalue weighted by Crippen LogP contribution is 2.22. The number of H-pyrrole nitrogens is 1. The minimum atomic E-state index is 0.0301. The van der Waals surface area contributed by atoms with Crippen molar-refractivity contribution in [2.45, 2.75) is 6.92 Å². The predicted molar refractivity (Wildman–Crippen MR) is 53.8 cm³/mol. The fourth-order valence-corrected chi connectivity index (χ4v) is 1.58. The van der Waals surface area contributed by atoms with E-state index in [0.717, 1.165) is 15.5 Å². The van der Waals surface area contributed by atoms with Crippen LogP contribution < -0.4 is 0 Å². The van der Waals surface area contributed by atoms with Gasteiger partial charge in [-0.3, -0.25) is 4.79 Å². The highest BCUT2D eigenvalue weighted by atomic mass is 79.9. The molecule has 0 atom stereocenters. The summed E-state index contributed by atoms with van der Waals surface area (Å²) in [5.41, 5.74) is 1.42. The van der Waals surface area contributed by atoms with Crippen LogP contribution in [0.2, 0.25) is 0 Å². The number of fused-ring (bicyclic) bond motifs is 1. The van der Waals surface area contributed by atoms with Gasteiger partial charge in [-0.15, -0.1) is 0 Å². The van der Waals surface area contributed by atoms with Gasteiger partial charge in [0.2, 0.25) is 0 Å². The Kier molecular flexibility index (Phi) is 1.92. The summed E-state index contributed by atoms with van der Waals surface area (Å²) in [7, 11) is 0. The van der Waals surface area contributed by atoms with Crippen molar-refractivity contribution in [3.63, 3.8) is 0 Å². The molecule has 0 unspecified atom stereocenters. The number of ketones is 1. The molecule has 0 spiro atoms. The molecule has 3 nitrogen and oxygen atoms in total. The lowest BCUT2D eigenvalue weighted by atomic mass is 10.2. The van der Waals surface area contributed by atoms with Crippen LogP contribution in [0.15, 0.2) is 22.9 Å². The Labute approximate surface area is 83.3 Å². The summed E-state index contributed by atoms with van der Waals surface area (Å²) in [5, 5.41) is 0.938. The number of aromatic nitrogens is 2. The van der Waals surface area contributed by atoms with Crippen LogP contribution in [-0.2, 0) is 0 Å². The highest BCUT2D eigenvalue weighted by Gasteiger charge is 2.05. The summed E-state index contributed by atoms with van der Waals surface area (Å²) in [6.07, 6.45) is 3.38. The van der Waals surface area contributed by atoms with Crippen molar-refractivity contribution in [1.82, 2.24) is 9.97 Å². The number of carbonyl (C=O) groups excluding carboxylic acids is 1. The molecule has 0 aliphatic heterocycles. The van der Waals surface area contributed by atoms with Gasteiger partial charge >= 0.3 is 0 Å². The van der Waals surface area contributed by atoms with E-state index in [9.17, 15) is 4.79 Å². The van der Waals surface area contributed by atoms with Crippen LogP contribution in [0.4, 0.5) is 0 Å². The second-order valence-electron chi connectivity index (χ2n) is 2.81. The first-order valence-corrected chi connectivity index (χ1v) is 4.61. The standard InChI is InChI=1S/C9H7BrN2O/c1-5(13)6-2-7-8(10)4-12-9(7)11-3-6/h2-4H,1H3,(H,11,12). The molecular weight excluding hydrogens is 232 g/mol. The average molecular weight is 239 g/mol. The lowest BCUT2D eigenvalue weighted by Gasteiger charge is -1.94. The van der Waals surface area contributed by atoms with Gasteiger partial charge < -0.3 is 4.98 Å². The van der Waals surface area contributed by atoms with Crippen LogP contribution in [0.25, 0.3) is 11.0 Å². The monoisotopic (exact) mass is 238 g/mol. The molecular formula is C9H7BrN2O. The number of Topliss-reactive ketones (excluding diaryl/α,β-unsaturated/α-hetero) is 1. The number of aromatic amines is 1. The van der Waals surface area contributed by atoms with Crippen molar-refractivity contribution in [2.24, 2.45) is 0 Å². The van der Waals surface area contributed by atoms with Crippen molar-refractivity contribution in [1.29, 1.82) is 0 Å². The molecule has 2 heterocycles. The van der Waals surface area contributed by atoms with Crippen LogP contribution >= 0.6 is 15.9 Å². The number of hydrogen-bond donors (Lipinski definition) is 1. The van der Waals surface area contributed by atoms with Crippen LogP contribution in [0.1, 0.15) is 17.3 Å². The Morgan fingerprint density at radius 1 is 1.62 bits per heavy atom. The summed E-state index contributed by atoms with van der Waals surface area (Å²) in [6.45, 7) is 1.53. The van der Waals surface area contributed by atoms with Gasteiger partial charge in [-0.2, -0.15) is 0 Å². The number of carbonyl (C=O) groups is 1. The van der Waals surface area contributed by atoms with Crippen molar-refractivity contribution in [3.8, 4) is 0 Å². The molecule has 2 aromatic heterocycles. The number of hydrogen-bond acceptors (Lipinski definition) is 2. The zero-order valence-electron chi connectivity index (χ0n) is 6.97. The Balaban J connectivity index is 2.72. The minimum absolute atomic E-state index is 0.0301. The molecule has 66 valence electrons. The van der Waals surface area contributed by atoms with Crippen molar-refractivity contribution < 1.29 is 4.79 Å². The number of nitrogens with zero attached hydrogens (tertiary/aromatic N) is 1. The Morgan fingerprint density at radius 3 is 3.08 bits per heavy atom. The number of halogens is 1. The highest BCUT2D eigenvalue weighted by molar-refractivity contribution is 9.10. The molecule has 2 aromatic rings. The maximum Gasteiger partial charge on any atom is 0.161 e. The fourth-order valence-electron chi connectivity index (χ4n) is 1.16. The van der Waals surface area contributed by atoms with E-state index in [1.807, 2.05) is 12.3 Å². The van der Waals surface area contributed by atoms with Crippen molar-refractivity contribution >= 4 is 32.7 Å². The molecule has 2 rings (SSSR count). The van der Waals surface area contributed by atoms with Crippen LogP contribution in [-0.4, -0.2) is 15.8 Å². The summed E-state index contributed by atoms with van der Waals surface area (Å²) < 4.78 is 0.929. The first-order valence-electron chi connectivity index (χ1n) is 3.82. The summed E-state index contributed by atoms with van der Waals surface area (Å²) in [6, 6.07) is 1.82. The quantitative estimate of drug-likeness (QED) is 0.777. The van der Waals surface area contributed by atoms with E-state index in [4.69, 9.17) is 0 Å². The molecule has 0 amide bonds. The number of nitrogens with one attached hydrogen (secondary N) is 1. The largest absolute Gasteiger partial charge is 0.345 e. The second kappa shape index (κ2) is 2.96. The van der Waals surface area contributed by atoms with E-state index in [1.54, 1.807) is 6.20 Å². The first-order chi connectivity index (χ1) is 6.18. The van der Waals surface area contributed by atoms with Crippen LogP contribution in [0, 0.1) is 0 Å². The van der Waals surface area contributed by atoms with E-state index in [0.29, 0.717) is 5.56 Å². The van der Waals surface area contributed by atoms with E-state index in [-0.39, 0.29) is 5.78 Å². The molecule has 0 aliphatic carbocycles. The molecule has 13 heavy (non-hydrogen) atoms. The molecule has 0 fully saturated rings. The molecule has 0 bridgehead atoms. The molecule has 4 heteroatoms. The molecule has 0 aliphatic rings. The normalized spacial score (nSPS) is 10.6. The zero-order valence-corrected chi connectivity index (χ0v) is 8.55. The lowest BCUT2D eigenvalue weighted by molar-refractivity contribution is 0.101. The molecule has 0 saturated heterocycles. The van der Waals surface area contributed by atoms with Gasteiger partial charge in [-0.05, 0) is 28.9 Å². The Hall–Kier alpha value is -1.16. The number of pyridine rings is 1. The minimum Gasteiger partial charge on any atom is -0.345 e. The van der Waals surface area contributed by atoms with Crippen molar-refractivity contribution in [2.75, 3.05) is 0 Å². The van der Waals surface area contributed by atoms with E-state index in [1.165, 1.54) is 6.92 Å². The topological polar surface area (TPSA) is 45.8 Å². The fraction of sp³-hybridized carbons (Fsp3) is 0.111. The third-order valence-corrected chi connectivity index (χ3v) is 2.54. The molecule has 0 aromatic carbocycles. The maximum absolute atomic E-state index is 11.1. The maximum atomic E-state index is 11.1. The van der Waals surface area contributed by atoms with Gasteiger partial charge in [-0.1, -0.05) is 0 Å². The lowest BCUT2D eigenvalue weighted by Crippen LogP contribution is -1.92. The van der Waals surface area contributed by atoms with E-state index < -0.39 is 0 Å². The third-order valence-electron chi connectivity index (χ3n) is 1.89. The summed E-state index contributed by atoms with van der Waals surface area (Å²) >= 11 is 3.37. The van der Waals surface area contributed by atoms with Gasteiger partial charge in [0, 0.05) is 27.8 Å². The van der Waals surface area contributed by atoms with Crippen LogP contribution in [0.5, 0.6) is 0 Å². The molecule has 0 saturated carbocycles. The van der Waals surface area contributed by atoms with E-state index >= 15 is 0 Å². The molecule has 1 N–H and O–H groups in total. The Morgan fingerprint density at radius 2 is 2.38 bits per heavy atom. The Bertz CT molecular complexity index is 475. The van der Waals surface area contributed by atoms with Gasteiger partial charge in [0.1, 0.15) is 5.65 Å². The van der Waals surface area contributed by atoms with Gasteiger partial charge in [0.15, 0.2) is 5.78 Å². The number of rotatable bonds is 1. The van der Waals surface area contributed by atoms with Crippen molar-refractivity contribution in [3.05, 3.63) is 28.5 Å². The van der Waals surface area contributed by atoms with E-state index in [2.05, 4.69) is 25.9 Å². The SMILES string of the molecule is CC(=O)c1cnc2[nH]cc(Br)c2c1. The predicted octanol–water partition coefficient (Wildman–Crippen LogP) is 2.53. The summed E-state index contributed by atoms with van der Waals surface area (Å²) in [5.74, 6) is 0.0301. The third kappa shape index (κ3) is 1.37. The smallest absolute Gasteiger partial charge is 0.161 e.